The number of anilines is 1. The maximum atomic E-state index is 4.39. The van der Waals surface area contributed by atoms with Gasteiger partial charge >= 0.3 is 0 Å². The third-order valence-corrected chi connectivity index (χ3v) is 2.53. The standard InChI is InChI=1S/C13H11N5/c1-2-6-12-11(5-1)16-13(18-17-12)15-9-10-4-3-7-14-8-10/h1-8H,9H2,(H,15,16,18). The molecule has 2 heterocycles. The van der Waals surface area contributed by atoms with E-state index < -0.39 is 0 Å². The fourth-order valence-corrected chi connectivity index (χ4v) is 1.64. The number of pyridine rings is 1. The van der Waals surface area contributed by atoms with Crippen LogP contribution in [0.15, 0.2) is 48.8 Å². The summed E-state index contributed by atoms with van der Waals surface area (Å²) in [5, 5.41) is 11.3. The van der Waals surface area contributed by atoms with Crippen molar-refractivity contribution in [1.29, 1.82) is 0 Å². The first kappa shape index (κ1) is 10.6. The fraction of sp³-hybridized carbons (Fsp3) is 0.0769. The highest BCUT2D eigenvalue weighted by molar-refractivity contribution is 5.73. The van der Waals surface area contributed by atoms with Crippen molar-refractivity contribution in [2.45, 2.75) is 6.54 Å². The van der Waals surface area contributed by atoms with Gasteiger partial charge in [0.25, 0.3) is 0 Å². The SMILES string of the molecule is c1cncc(CNc2nnc3ccccc3n2)c1. The van der Waals surface area contributed by atoms with Crippen LogP contribution in [0, 0.1) is 0 Å². The molecule has 18 heavy (non-hydrogen) atoms. The van der Waals surface area contributed by atoms with Gasteiger partial charge in [0.1, 0.15) is 5.52 Å². The van der Waals surface area contributed by atoms with Gasteiger partial charge in [0.05, 0.1) is 5.52 Å². The van der Waals surface area contributed by atoms with Crippen molar-refractivity contribution < 1.29 is 0 Å². The summed E-state index contributed by atoms with van der Waals surface area (Å²) in [7, 11) is 0. The normalized spacial score (nSPS) is 10.4. The van der Waals surface area contributed by atoms with Gasteiger partial charge in [-0.15, -0.1) is 10.2 Å². The summed E-state index contributed by atoms with van der Waals surface area (Å²) in [6, 6.07) is 11.5. The third-order valence-electron chi connectivity index (χ3n) is 2.53. The van der Waals surface area contributed by atoms with Crippen LogP contribution in [0.1, 0.15) is 5.56 Å². The first-order chi connectivity index (χ1) is 8.92. The van der Waals surface area contributed by atoms with Crippen LogP contribution in [-0.4, -0.2) is 20.2 Å². The minimum Gasteiger partial charge on any atom is -0.349 e. The molecule has 88 valence electrons. The van der Waals surface area contributed by atoms with Gasteiger partial charge in [-0.2, -0.15) is 0 Å². The first-order valence-corrected chi connectivity index (χ1v) is 5.64. The Morgan fingerprint density at radius 2 is 1.83 bits per heavy atom. The first-order valence-electron chi connectivity index (χ1n) is 5.64. The zero-order valence-electron chi connectivity index (χ0n) is 9.61. The monoisotopic (exact) mass is 237 g/mol. The summed E-state index contributed by atoms with van der Waals surface area (Å²) in [6.07, 6.45) is 3.55. The van der Waals surface area contributed by atoms with Crippen molar-refractivity contribution in [3.63, 3.8) is 0 Å². The van der Waals surface area contributed by atoms with Crippen LogP contribution in [0.5, 0.6) is 0 Å². The average molecular weight is 237 g/mol. The second kappa shape index (κ2) is 4.75. The molecule has 0 bridgehead atoms. The quantitative estimate of drug-likeness (QED) is 0.755. The second-order valence-corrected chi connectivity index (χ2v) is 3.84. The van der Waals surface area contributed by atoms with E-state index in [1.54, 1.807) is 6.20 Å². The number of hydrogen-bond donors (Lipinski definition) is 1. The smallest absolute Gasteiger partial charge is 0.243 e. The zero-order valence-corrected chi connectivity index (χ0v) is 9.61. The Labute approximate surface area is 104 Å². The number of hydrogen-bond acceptors (Lipinski definition) is 5. The van der Waals surface area contributed by atoms with Crippen molar-refractivity contribution >= 4 is 17.0 Å². The molecule has 0 aliphatic heterocycles. The lowest BCUT2D eigenvalue weighted by Gasteiger charge is -2.04. The van der Waals surface area contributed by atoms with Crippen molar-refractivity contribution in [3.8, 4) is 0 Å². The maximum Gasteiger partial charge on any atom is 0.243 e. The third kappa shape index (κ3) is 2.24. The van der Waals surface area contributed by atoms with Crippen LogP contribution in [0.4, 0.5) is 5.95 Å². The lowest BCUT2D eigenvalue weighted by molar-refractivity contribution is 0.980. The Balaban J connectivity index is 1.79. The van der Waals surface area contributed by atoms with Crippen LogP contribution >= 0.6 is 0 Å². The van der Waals surface area contributed by atoms with Crippen LogP contribution in [0.3, 0.4) is 0 Å². The summed E-state index contributed by atoms with van der Waals surface area (Å²) in [4.78, 5) is 8.44. The minimum absolute atomic E-state index is 0.526. The number of rotatable bonds is 3. The van der Waals surface area contributed by atoms with E-state index in [1.165, 1.54) is 0 Å². The highest BCUT2D eigenvalue weighted by atomic mass is 15.2. The van der Waals surface area contributed by atoms with Gasteiger partial charge in [-0.05, 0) is 23.8 Å². The van der Waals surface area contributed by atoms with Crippen LogP contribution < -0.4 is 5.32 Å². The molecule has 5 nitrogen and oxygen atoms in total. The van der Waals surface area contributed by atoms with Crippen LogP contribution in [0.2, 0.25) is 0 Å². The Kier molecular flexibility index (Phi) is 2.79. The van der Waals surface area contributed by atoms with Gasteiger partial charge < -0.3 is 5.32 Å². The molecule has 0 aliphatic rings. The fourth-order valence-electron chi connectivity index (χ4n) is 1.64. The molecular weight excluding hydrogens is 226 g/mol. The summed E-state index contributed by atoms with van der Waals surface area (Å²) in [5.41, 5.74) is 2.71. The number of nitrogens with one attached hydrogen (secondary N) is 1. The Morgan fingerprint density at radius 3 is 2.67 bits per heavy atom. The second-order valence-electron chi connectivity index (χ2n) is 3.84. The van der Waals surface area contributed by atoms with Crippen molar-refractivity contribution in [1.82, 2.24) is 20.2 Å². The number of nitrogens with zero attached hydrogens (tertiary/aromatic N) is 4. The van der Waals surface area contributed by atoms with E-state index in [-0.39, 0.29) is 0 Å². The Hall–Kier alpha value is -2.56. The van der Waals surface area contributed by atoms with Gasteiger partial charge in [-0.3, -0.25) is 4.98 Å². The molecule has 1 N–H and O–H groups in total. The molecule has 0 fully saturated rings. The summed E-state index contributed by atoms with van der Waals surface area (Å²) in [6.45, 7) is 0.633. The Morgan fingerprint density at radius 1 is 0.944 bits per heavy atom. The lowest BCUT2D eigenvalue weighted by Crippen LogP contribution is -2.05. The minimum atomic E-state index is 0.526. The zero-order chi connectivity index (χ0) is 12.2. The van der Waals surface area contributed by atoms with Gasteiger partial charge in [-0.25, -0.2) is 4.98 Å². The molecule has 3 rings (SSSR count). The van der Waals surface area contributed by atoms with E-state index in [0.717, 1.165) is 16.6 Å². The average Bonchev–Trinajstić information content (AvgIpc) is 2.46. The number of benzene rings is 1. The van der Waals surface area contributed by atoms with E-state index in [1.807, 2.05) is 42.6 Å². The summed E-state index contributed by atoms with van der Waals surface area (Å²) < 4.78 is 0. The van der Waals surface area contributed by atoms with Crippen molar-refractivity contribution in [2.75, 3.05) is 5.32 Å². The molecule has 0 unspecified atom stereocenters. The highest BCUT2D eigenvalue weighted by Gasteiger charge is 2.00. The Bertz CT molecular complexity index is 654. The van der Waals surface area contributed by atoms with Crippen LogP contribution in [0.25, 0.3) is 11.0 Å². The lowest BCUT2D eigenvalue weighted by atomic mass is 10.3. The van der Waals surface area contributed by atoms with E-state index >= 15 is 0 Å². The van der Waals surface area contributed by atoms with Gasteiger partial charge in [0, 0.05) is 18.9 Å². The van der Waals surface area contributed by atoms with E-state index in [0.29, 0.717) is 12.5 Å². The van der Waals surface area contributed by atoms with Gasteiger partial charge in [0.2, 0.25) is 5.95 Å². The highest BCUT2D eigenvalue weighted by Crippen LogP contribution is 2.09. The molecule has 0 amide bonds. The van der Waals surface area contributed by atoms with E-state index in [2.05, 4.69) is 25.5 Å². The molecule has 2 aromatic heterocycles. The molecule has 1 aromatic carbocycles. The van der Waals surface area contributed by atoms with E-state index in [4.69, 9.17) is 0 Å². The molecule has 0 radical (unpaired) electrons. The number of aromatic nitrogens is 4. The molecule has 3 aromatic rings. The number of fused-ring (bicyclic) bond motifs is 1. The molecular formula is C13H11N5. The van der Waals surface area contributed by atoms with Gasteiger partial charge in [0.15, 0.2) is 0 Å². The molecule has 0 spiro atoms. The predicted molar refractivity (Wildman–Crippen MR) is 68.9 cm³/mol. The van der Waals surface area contributed by atoms with E-state index in [9.17, 15) is 0 Å². The largest absolute Gasteiger partial charge is 0.349 e. The predicted octanol–water partition coefficient (Wildman–Crippen LogP) is 2.03. The molecule has 5 heteroatoms. The molecule has 0 saturated heterocycles. The molecule has 0 saturated carbocycles. The van der Waals surface area contributed by atoms with Crippen LogP contribution in [-0.2, 0) is 6.54 Å². The molecule has 0 atom stereocenters. The topological polar surface area (TPSA) is 63.6 Å². The summed E-state index contributed by atoms with van der Waals surface area (Å²) in [5.74, 6) is 0.526. The van der Waals surface area contributed by atoms with Crippen molar-refractivity contribution in [3.05, 3.63) is 54.4 Å². The maximum absolute atomic E-state index is 4.39. The number of para-hydroxylation sites is 1. The van der Waals surface area contributed by atoms with Gasteiger partial charge in [-0.1, -0.05) is 18.2 Å². The van der Waals surface area contributed by atoms with Crippen molar-refractivity contribution in [2.24, 2.45) is 0 Å². The summed E-state index contributed by atoms with van der Waals surface area (Å²) >= 11 is 0. The molecule has 0 aliphatic carbocycles.